The molecule has 0 amide bonds. The molecule has 0 aliphatic heterocycles. The van der Waals surface area contributed by atoms with E-state index in [1.54, 1.807) is 0 Å². The average Bonchev–Trinajstić information content (AvgIpc) is 2.94. The molecule has 2 heteroatoms. The summed E-state index contributed by atoms with van der Waals surface area (Å²) in [5.41, 5.74) is 0. The van der Waals surface area contributed by atoms with Crippen molar-refractivity contribution in [3.63, 3.8) is 0 Å². The van der Waals surface area contributed by atoms with Gasteiger partial charge in [-0.15, -0.1) is 8.58 Å². The first kappa shape index (κ1) is 14.0. The molecule has 0 saturated carbocycles. The summed E-state index contributed by atoms with van der Waals surface area (Å²) in [6, 6.07) is 0. The van der Waals surface area contributed by atoms with E-state index in [-0.39, 0.29) is 0 Å². The second-order valence-electron chi connectivity index (χ2n) is 3.44. The van der Waals surface area contributed by atoms with Crippen LogP contribution in [0.1, 0.15) is 13.8 Å². The summed E-state index contributed by atoms with van der Waals surface area (Å²) < 4.78 is 0. The van der Waals surface area contributed by atoms with E-state index in [2.05, 4.69) is 62.5 Å². The van der Waals surface area contributed by atoms with E-state index < -0.39 is 0 Å². The third-order valence-electron chi connectivity index (χ3n) is 2.12. The molecule has 2 rings (SSSR count). The topological polar surface area (TPSA) is 0 Å². The molecule has 0 aromatic heterocycles. The van der Waals surface area contributed by atoms with Gasteiger partial charge in [-0.25, -0.2) is 0 Å². The zero-order chi connectivity index (χ0) is 11.6. The molecule has 2 aliphatic rings. The minimum Gasteiger partial charge on any atom is -0.123 e. The quantitative estimate of drug-likeness (QED) is 0.660. The van der Waals surface area contributed by atoms with Gasteiger partial charge in [-0.2, -0.15) is 0 Å². The smallest absolute Gasteiger partial charge is 0.0382 e. The Morgan fingerprint density at radius 2 is 1.19 bits per heavy atom. The summed E-state index contributed by atoms with van der Waals surface area (Å²) in [4.78, 5) is 1.28. The SMILES string of the molecule is C1=C[CH]([Co][CH]2C=CC=C2)C=C1.CCPCC. The van der Waals surface area contributed by atoms with Gasteiger partial charge in [-0.1, -0.05) is 13.8 Å². The maximum Gasteiger partial charge on any atom is -0.0382 e. The number of rotatable bonds is 4. The van der Waals surface area contributed by atoms with E-state index in [1.807, 2.05) is 0 Å². The Kier molecular flexibility index (Phi) is 7.84. The molecule has 0 aromatic rings. The molecule has 0 nitrogen and oxygen atoms in total. The molecule has 0 spiro atoms. The summed E-state index contributed by atoms with van der Waals surface area (Å²) in [6.07, 6.45) is 20.2. The summed E-state index contributed by atoms with van der Waals surface area (Å²) in [5.74, 6) is 0. The molecular formula is C14H21CoP. The van der Waals surface area contributed by atoms with Crippen LogP contribution in [0.5, 0.6) is 0 Å². The molecule has 0 unspecified atom stereocenters. The monoisotopic (exact) mass is 279 g/mol. The van der Waals surface area contributed by atoms with Gasteiger partial charge in [-0.3, -0.25) is 0 Å². The Bertz CT molecular complexity index is 237. The van der Waals surface area contributed by atoms with Crippen LogP contribution in [0.2, 0.25) is 9.70 Å². The Morgan fingerprint density at radius 3 is 1.44 bits per heavy atom. The van der Waals surface area contributed by atoms with Crippen LogP contribution in [-0.4, -0.2) is 12.3 Å². The van der Waals surface area contributed by atoms with Crippen molar-refractivity contribution in [3.05, 3.63) is 48.6 Å². The number of hydrogen-bond acceptors (Lipinski definition) is 0. The van der Waals surface area contributed by atoms with Crippen molar-refractivity contribution < 1.29 is 14.7 Å². The van der Waals surface area contributed by atoms with Crippen LogP contribution in [0, 0.1) is 0 Å². The fourth-order valence-corrected chi connectivity index (χ4v) is 3.22. The largest absolute Gasteiger partial charge is 0.123 e. The molecule has 0 N–H and O–H groups in total. The van der Waals surface area contributed by atoms with Crippen LogP contribution in [0.4, 0.5) is 0 Å². The average molecular weight is 279 g/mol. The van der Waals surface area contributed by atoms with Crippen molar-refractivity contribution >= 4 is 8.58 Å². The normalized spacial score (nSPS) is 18.4. The van der Waals surface area contributed by atoms with Crippen molar-refractivity contribution in [1.29, 1.82) is 0 Å². The molecule has 0 saturated heterocycles. The number of allylic oxidation sites excluding steroid dienone is 8. The molecular weight excluding hydrogens is 258 g/mol. The molecule has 0 heterocycles. The van der Waals surface area contributed by atoms with E-state index in [0.29, 0.717) is 9.70 Å². The first-order valence-corrected chi connectivity index (χ1v) is 8.46. The zero-order valence-electron chi connectivity index (χ0n) is 10.0. The predicted octanol–water partition coefficient (Wildman–Crippen LogP) is 4.60. The Labute approximate surface area is 108 Å². The van der Waals surface area contributed by atoms with E-state index in [0.717, 1.165) is 0 Å². The van der Waals surface area contributed by atoms with Crippen LogP contribution < -0.4 is 0 Å². The first-order chi connectivity index (χ1) is 7.86. The molecule has 0 fully saturated rings. The summed E-state index contributed by atoms with van der Waals surface area (Å²) in [6.45, 7) is 4.45. The van der Waals surface area contributed by atoms with Gasteiger partial charge >= 0.3 is 73.0 Å². The van der Waals surface area contributed by atoms with Crippen LogP contribution >= 0.6 is 8.58 Å². The van der Waals surface area contributed by atoms with Crippen molar-refractivity contribution in [2.45, 2.75) is 23.6 Å². The van der Waals surface area contributed by atoms with E-state index in [1.165, 1.54) is 35.6 Å². The maximum absolute atomic E-state index is 2.25. The van der Waals surface area contributed by atoms with E-state index in [9.17, 15) is 0 Å². The molecule has 0 radical (unpaired) electrons. The van der Waals surface area contributed by atoms with Gasteiger partial charge in [0.25, 0.3) is 0 Å². The molecule has 91 valence electrons. The predicted molar refractivity (Wildman–Crippen MR) is 73.5 cm³/mol. The van der Waals surface area contributed by atoms with Crippen LogP contribution in [0.3, 0.4) is 0 Å². The minimum absolute atomic E-state index is 0.642. The Hall–Kier alpha value is -0.104. The second-order valence-corrected chi connectivity index (χ2v) is 7.09. The van der Waals surface area contributed by atoms with Crippen molar-refractivity contribution in [2.75, 3.05) is 12.3 Å². The van der Waals surface area contributed by atoms with Crippen molar-refractivity contribution in [1.82, 2.24) is 0 Å². The third kappa shape index (κ3) is 5.84. The zero-order valence-corrected chi connectivity index (χ0v) is 12.1. The summed E-state index contributed by atoms with van der Waals surface area (Å²) in [5, 5.41) is 0. The van der Waals surface area contributed by atoms with Crippen molar-refractivity contribution in [3.8, 4) is 0 Å². The van der Waals surface area contributed by atoms with Gasteiger partial charge in [0.15, 0.2) is 0 Å². The van der Waals surface area contributed by atoms with Gasteiger partial charge in [-0.05, 0) is 12.3 Å². The third-order valence-corrected chi connectivity index (χ3v) is 4.73. The Balaban J connectivity index is 0.000000221. The maximum atomic E-state index is 2.25. The van der Waals surface area contributed by atoms with Gasteiger partial charge in [0.05, 0.1) is 0 Å². The van der Waals surface area contributed by atoms with E-state index >= 15 is 0 Å². The molecule has 0 aromatic carbocycles. The summed E-state index contributed by atoms with van der Waals surface area (Å²) in [7, 11) is 1.20. The first-order valence-electron chi connectivity index (χ1n) is 5.84. The van der Waals surface area contributed by atoms with Crippen LogP contribution in [0.25, 0.3) is 0 Å². The van der Waals surface area contributed by atoms with Gasteiger partial charge in [0.1, 0.15) is 0 Å². The standard InChI is InChI=1S/2C5H5.C4H11P.Co/c2*1-2-4-5-3-1;1-3-5-4-2;/h2*1-5H;5H,3-4H2,1-2H3;. The van der Waals surface area contributed by atoms with E-state index in [4.69, 9.17) is 0 Å². The van der Waals surface area contributed by atoms with Crippen LogP contribution in [-0.2, 0) is 14.7 Å². The Morgan fingerprint density at radius 1 is 0.812 bits per heavy atom. The molecule has 0 atom stereocenters. The molecule has 2 aliphatic carbocycles. The van der Waals surface area contributed by atoms with Gasteiger partial charge < -0.3 is 0 Å². The number of hydrogen-bond donors (Lipinski definition) is 0. The molecule has 0 bridgehead atoms. The van der Waals surface area contributed by atoms with Gasteiger partial charge in [0.2, 0.25) is 0 Å². The second kappa shape index (κ2) is 8.98. The minimum atomic E-state index is 0.642. The fraction of sp³-hybridized carbons (Fsp3) is 0.429. The van der Waals surface area contributed by atoms with Crippen molar-refractivity contribution in [2.24, 2.45) is 0 Å². The summed E-state index contributed by atoms with van der Waals surface area (Å²) >= 11 is 1.51. The van der Waals surface area contributed by atoms with Crippen LogP contribution in [0.15, 0.2) is 48.6 Å². The molecule has 16 heavy (non-hydrogen) atoms. The fourth-order valence-electron chi connectivity index (χ4n) is 1.34. The van der Waals surface area contributed by atoms with Gasteiger partial charge in [0, 0.05) is 0 Å².